The number of hydrogen-bond donors (Lipinski definition) is 1. The van der Waals surface area contributed by atoms with Gasteiger partial charge < -0.3 is 10.1 Å². The highest BCUT2D eigenvalue weighted by molar-refractivity contribution is 8.15. The van der Waals surface area contributed by atoms with Crippen LogP contribution in [0.1, 0.15) is 30.4 Å². The molecule has 2 atom stereocenters. The van der Waals surface area contributed by atoms with Gasteiger partial charge in [-0.1, -0.05) is 47.1 Å². The fourth-order valence-corrected chi connectivity index (χ4v) is 5.22. The van der Waals surface area contributed by atoms with E-state index < -0.39 is 5.25 Å². The second-order valence-corrected chi connectivity index (χ2v) is 9.74. The number of ether oxygens (including phenoxy) is 1. The van der Waals surface area contributed by atoms with Gasteiger partial charge in [0, 0.05) is 23.7 Å². The number of benzene rings is 2. The van der Waals surface area contributed by atoms with E-state index in [2.05, 4.69) is 11.4 Å². The van der Waals surface area contributed by atoms with Crippen molar-refractivity contribution >= 4 is 51.7 Å². The number of thioether (sulfide) groups is 1. The van der Waals surface area contributed by atoms with Crippen LogP contribution in [0.15, 0.2) is 47.5 Å². The van der Waals surface area contributed by atoms with Crippen molar-refractivity contribution in [1.82, 2.24) is 4.90 Å². The molecule has 2 saturated heterocycles. The average Bonchev–Trinajstić information content (AvgIpc) is 3.34. The minimum Gasteiger partial charge on any atom is -0.376 e. The first-order chi connectivity index (χ1) is 15.4. The zero-order valence-electron chi connectivity index (χ0n) is 18.1. The molecule has 2 aliphatic rings. The number of hydrogen-bond acceptors (Lipinski definition) is 5. The average molecular weight is 472 g/mol. The molecule has 32 heavy (non-hydrogen) atoms. The monoisotopic (exact) mass is 471 g/mol. The molecule has 2 aliphatic heterocycles. The molecule has 8 heteroatoms. The van der Waals surface area contributed by atoms with E-state index in [0.29, 0.717) is 22.4 Å². The van der Waals surface area contributed by atoms with Crippen LogP contribution in [0.5, 0.6) is 0 Å². The maximum Gasteiger partial charge on any atom is 0.242 e. The zero-order chi connectivity index (χ0) is 22.7. The summed E-state index contributed by atoms with van der Waals surface area (Å²) < 4.78 is 5.76. The third kappa shape index (κ3) is 5.52. The van der Waals surface area contributed by atoms with Gasteiger partial charge in [0.25, 0.3) is 0 Å². The molecule has 6 nitrogen and oxygen atoms in total. The molecule has 0 aromatic heterocycles. The number of aryl methyl sites for hydroxylation is 2. The summed E-state index contributed by atoms with van der Waals surface area (Å²) >= 11 is 7.34. The van der Waals surface area contributed by atoms with E-state index in [-0.39, 0.29) is 24.3 Å². The molecule has 0 saturated carbocycles. The molecule has 2 aromatic rings. The predicted molar refractivity (Wildman–Crippen MR) is 130 cm³/mol. The van der Waals surface area contributed by atoms with Crippen LogP contribution in [0.2, 0.25) is 5.02 Å². The van der Waals surface area contributed by atoms with Crippen molar-refractivity contribution < 1.29 is 14.3 Å². The Balaban J connectivity index is 1.52. The third-order valence-electron chi connectivity index (χ3n) is 5.48. The van der Waals surface area contributed by atoms with Gasteiger partial charge >= 0.3 is 0 Å². The number of nitrogens with zero attached hydrogens (tertiary/aromatic N) is 2. The van der Waals surface area contributed by atoms with Crippen molar-refractivity contribution in [2.24, 2.45) is 4.99 Å². The topological polar surface area (TPSA) is 71.0 Å². The zero-order valence-corrected chi connectivity index (χ0v) is 19.7. The number of carbonyl (C=O) groups is 2. The van der Waals surface area contributed by atoms with Gasteiger partial charge in [0.2, 0.25) is 11.8 Å². The molecule has 0 spiro atoms. The molecule has 2 aromatic carbocycles. The molecule has 168 valence electrons. The minimum absolute atomic E-state index is 0.00269. The fraction of sp³-hybridized carbons (Fsp3) is 0.375. The van der Waals surface area contributed by atoms with Crippen LogP contribution >= 0.6 is 23.4 Å². The maximum absolute atomic E-state index is 13.2. The molecule has 2 amide bonds. The summed E-state index contributed by atoms with van der Waals surface area (Å²) in [6.45, 7) is 5.22. The van der Waals surface area contributed by atoms with Crippen LogP contribution < -0.4 is 5.32 Å². The van der Waals surface area contributed by atoms with E-state index in [0.717, 1.165) is 36.3 Å². The highest BCUT2D eigenvalue weighted by Gasteiger charge is 2.40. The smallest absolute Gasteiger partial charge is 0.242 e. The molecular weight excluding hydrogens is 446 g/mol. The van der Waals surface area contributed by atoms with Crippen molar-refractivity contribution in [3.05, 3.63) is 58.6 Å². The SMILES string of the molecule is Cc1ccc(N=C2SC(CC(=O)Nc3cccc(Cl)c3)C(=O)N2CC2CCCO2)c(C)c1. The minimum atomic E-state index is -0.528. The number of rotatable bonds is 6. The lowest BCUT2D eigenvalue weighted by Crippen LogP contribution is -2.38. The molecule has 2 unspecified atom stereocenters. The van der Waals surface area contributed by atoms with Gasteiger partial charge in [0.15, 0.2) is 5.17 Å². The Hall–Kier alpha value is -2.35. The summed E-state index contributed by atoms with van der Waals surface area (Å²) in [6, 6.07) is 13.0. The van der Waals surface area contributed by atoms with Crippen molar-refractivity contribution in [1.29, 1.82) is 0 Å². The van der Waals surface area contributed by atoms with Crippen molar-refractivity contribution in [2.45, 2.75) is 44.5 Å². The Labute approximate surface area is 197 Å². The number of halogens is 1. The summed E-state index contributed by atoms with van der Waals surface area (Å²) in [5, 5.41) is 3.46. The van der Waals surface area contributed by atoms with Gasteiger partial charge in [-0.3, -0.25) is 14.5 Å². The number of nitrogens with one attached hydrogen (secondary N) is 1. The van der Waals surface area contributed by atoms with Crippen molar-refractivity contribution in [3.8, 4) is 0 Å². The number of amidine groups is 1. The summed E-state index contributed by atoms with van der Waals surface area (Å²) in [5.74, 6) is -0.335. The first-order valence-corrected chi connectivity index (χ1v) is 12.0. The van der Waals surface area contributed by atoms with Gasteiger partial charge in [-0.2, -0.15) is 0 Å². The van der Waals surface area contributed by atoms with E-state index in [9.17, 15) is 9.59 Å². The summed E-state index contributed by atoms with van der Waals surface area (Å²) in [4.78, 5) is 32.4. The second kappa shape index (κ2) is 10.1. The standard InChI is InChI=1S/C24H26ClN3O3S/c1-15-8-9-20(16(2)11-15)27-24-28(14-19-7-4-10-31-19)23(30)21(32-24)13-22(29)26-18-6-3-5-17(25)12-18/h3,5-6,8-9,11-12,19,21H,4,7,10,13-14H2,1-2H3,(H,26,29). The maximum atomic E-state index is 13.2. The number of carbonyl (C=O) groups excluding carboxylic acids is 2. The number of anilines is 1. The molecule has 0 radical (unpaired) electrons. The Morgan fingerprint density at radius 2 is 2.12 bits per heavy atom. The van der Waals surface area contributed by atoms with E-state index in [1.165, 1.54) is 11.8 Å². The third-order valence-corrected chi connectivity index (χ3v) is 6.89. The van der Waals surface area contributed by atoms with E-state index in [1.807, 2.05) is 26.0 Å². The van der Waals surface area contributed by atoms with Gasteiger partial charge in [0.1, 0.15) is 5.25 Å². The van der Waals surface area contributed by atoms with E-state index in [4.69, 9.17) is 21.3 Å². The lowest BCUT2D eigenvalue weighted by molar-refractivity contribution is -0.129. The van der Waals surface area contributed by atoms with Gasteiger partial charge in [-0.15, -0.1) is 0 Å². The first kappa shape index (κ1) is 22.8. The second-order valence-electron chi connectivity index (χ2n) is 8.14. The van der Waals surface area contributed by atoms with Crippen molar-refractivity contribution in [2.75, 3.05) is 18.5 Å². The predicted octanol–water partition coefficient (Wildman–Crippen LogP) is 5.10. The Morgan fingerprint density at radius 1 is 1.28 bits per heavy atom. The lowest BCUT2D eigenvalue weighted by atomic mass is 10.1. The van der Waals surface area contributed by atoms with Crippen LogP contribution in [0.3, 0.4) is 0 Å². The first-order valence-electron chi connectivity index (χ1n) is 10.7. The van der Waals surface area contributed by atoms with Gasteiger partial charge in [-0.05, 0) is 56.5 Å². The number of amides is 2. The van der Waals surface area contributed by atoms with Crippen LogP contribution in [0, 0.1) is 13.8 Å². The fourth-order valence-electron chi connectivity index (χ4n) is 3.87. The normalized spacial score (nSPS) is 22.0. The Bertz CT molecular complexity index is 1050. The molecule has 4 rings (SSSR count). The van der Waals surface area contributed by atoms with Crippen LogP contribution in [-0.4, -0.2) is 46.4 Å². The molecular formula is C24H26ClN3O3S. The molecule has 0 bridgehead atoms. The van der Waals surface area contributed by atoms with E-state index >= 15 is 0 Å². The lowest BCUT2D eigenvalue weighted by Gasteiger charge is -2.20. The van der Waals surface area contributed by atoms with Crippen molar-refractivity contribution in [3.63, 3.8) is 0 Å². The summed E-state index contributed by atoms with van der Waals surface area (Å²) in [5.41, 5.74) is 3.64. The van der Waals surface area contributed by atoms with Crippen LogP contribution in [-0.2, 0) is 14.3 Å². The van der Waals surface area contributed by atoms with Gasteiger partial charge in [-0.25, -0.2) is 4.99 Å². The van der Waals surface area contributed by atoms with Gasteiger partial charge in [0.05, 0.1) is 18.3 Å². The summed E-state index contributed by atoms with van der Waals surface area (Å²) in [7, 11) is 0. The largest absolute Gasteiger partial charge is 0.376 e. The molecule has 0 aliphatic carbocycles. The molecule has 2 heterocycles. The van der Waals surface area contributed by atoms with E-state index in [1.54, 1.807) is 29.2 Å². The molecule has 1 N–H and O–H groups in total. The Kier molecular flexibility index (Phi) is 7.18. The highest BCUT2D eigenvalue weighted by atomic mass is 35.5. The van der Waals surface area contributed by atoms with Crippen LogP contribution in [0.4, 0.5) is 11.4 Å². The summed E-state index contributed by atoms with van der Waals surface area (Å²) in [6.07, 6.45) is 1.98. The highest BCUT2D eigenvalue weighted by Crippen LogP contribution is 2.34. The number of aliphatic imine (C=N–C) groups is 1. The molecule has 2 fully saturated rings. The van der Waals surface area contributed by atoms with Crippen LogP contribution in [0.25, 0.3) is 0 Å². The quantitative estimate of drug-likeness (QED) is 0.636. The Morgan fingerprint density at radius 3 is 2.84 bits per heavy atom.